The molecule has 3 aromatic rings. The Bertz CT molecular complexity index is 928. The predicted octanol–water partition coefficient (Wildman–Crippen LogP) is 5.06. The lowest BCUT2D eigenvalue weighted by Gasteiger charge is -2.06. The van der Waals surface area contributed by atoms with Crippen molar-refractivity contribution in [2.24, 2.45) is 0 Å². The van der Waals surface area contributed by atoms with Crippen molar-refractivity contribution in [3.8, 4) is 5.75 Å². The van der Waals surface area contributed by atoms with Gasteiger partial charge in [0.2, 0.25) is 5.91 Å². The highest BCUT2D eigenvalue weighted by molar-refractivity contribution is 6.32. The van der Waals surface area contributed by atoms with Crippen LogP contribution in [0.25, 0.3) is 17.0 Å². The summed E-state index contributed by atoms with van der Waals surface area (Å²) >= 11 is 6.03. The molecular formula is C19H16ClNO3. The van der Waals surface area contributed by atoms with Gasteiger partial charge in [-0.05, 0) is 48.9 Å². The molecule has 1 amide bonds. The topological polar surface area (TPSA) is 51.5 Å². The van der Waals surface area contributed by atoms with Gasteiger partial charge in [-0.15, -0.1) is 0 Å². The maximum absolute atomic E-state index is 12.0. The number of rotatable bonds is 4. The van der Waals surface area contributed by atoms with Crippen LogP contribution in [-0.4, -0.2) is 13.0 Å². The Balaban J connectivity index is 1.71. The molecule has 0 aliphatic carbocycles. The molecule has 0 aliphatic heterocycles. The molecule has 0 fully saturated rings. The van der Waals surface area contributed by atoms with Crippen molar-refractivity contribution in [1.82, 2.24) is 0 Å². The maximum Gasteiger partial charge on any atom is 0.248 e. The van der Waals surface area contributed by atoms with E-state index >= 15 is 0 Å². The zero-order valence-corrected chi connectivity index (χ0v) is 14.1. The lowest BCUT2D eigenvalue weighted by molar-refractivity contribution is -0.111. The first-order valence-corrected chi connectivity index (χ1v) is 7.76. The molecule has 122 valence electrons. The van der Waals surface area contributed by atoms with Gasteiger partial charge in [-0.3, -0.25) is 4.79 Å². The number of furan rings is 1. The van der Waals surface area contributed by atoms with Crippen LogP contribution >= 0.6 is 11.6 Å². The van der Waals surface area contributed by atoms with Gasteiger partial charge in [-0.25, -0.2) is 0 Å². The minimum atomic E-state index is -0.270. The predicted molar refractivity (Wildman–Crippen MR) is 96.6 cm³/mol. The summed E-state index contributed by atoms with van der Waals surface area (Å²) in [6.07, 6.45) is 3.05. The zero-order chi connectivity index (χ0) is 17.1. The lowest BCUT2D eigenvalue weighted by atomic mass is 10.2. The average Bonchev–Trinajstić information content (AvgIpc) is 2.95. The highest BCUT2D eigenvalue weighted by Crippen LogP contribution is 2.27. The van der Waals surface area contributed by atoms with Crippen molar-refractivity contribution in [1.29, 1.82) is 0 Å². The monoisotopic (exact) mass is 341 g/mol. The van der Waals surface area contributed by atoms with Gasteiger partial charge in [0.1, 0.15) is 17.1 Å². The van der Waals surface area contributed by atoms with E-state index in [-0.39, 0.29) is 5.91 Å². The summed E-state index contributed by atoms with van der Waals surface area (Å²) in [5.41, 5.74) is 2.52. The maximum atomic E-state index is 12.0. The summed E-state index contributed by atoms with van der Waals surface area (Å²) < 4.78 is 10.8. The third-order valence-corrected chi connectivity index (χ3v) is 3.81. The largest absolute Gasteiger partial charge is 0.495 e. The van der Waals surface area contributed by atoms with Gasteiger partial charge in [0.25, 0.3) is 0 Å². The number of carbonyl (C=O) groups is 1. The van der Waals surface area contributed by atoms with E-state index in [0.29, 0.717) is 22.2 Å². The number of fused-ring (bicyclic) bond motifs is 1. The molecule has 2 aromatic carbocycles. The fourth-order valence-corrected chi connectivity index (χ4v) is 2.58. The molecule has 0 aliphatic rings. The van der Waals surface area contributed by atoms with Crippen LogP contribution in [0.4, 0.5) is 5.69 Å². The van der Waals surface area contributed by atoms with Crippen LogP contribution in [0.15, 0.2) is 53.0 Å². The summed E-state index contributed by atoms with van der Waals surface area (Å²) in [4.78, 5) is 12.0. The first kappa shape index (κ1) is 16.1. The van der Waals surface area contributed by atoms with Gasteiger partial charge in [-0.1, -0.05) is 23.7 Å². The van der Waals surface area contributed by atoms with Gasteiger partial charge >= 0.3 is 0 Å². The van der Waals surface area contributed by atoms with Crippen LogP contribution in [0.3, 0.4) is 0 Å². The molecule has 0 radical (unpaired) electrons. The summed E-state index contributed by atoms with van der Waals surface area (Å²) in [7, 11) is 1.54. The van der Waals surface area contributed by atoms with Gasteiger partial charge < -0.3 is 14.5 Å². The molecule has 1 N–H and O–H groups in total. The Kier molecular flexibility index (Phi) is 4.58. The standard InChI is InChI=1S/C19H16ClNO3/c1-12-3-4-13-10-15(24-18(13)9-12)6-8-19(22)21-14-5-7-17(23-2)16(20)11-14/h3-11H,1-2H3,(H,21,22)/b8-6+. The number of anilines is 1. The molecular weight excluding hydrogens is 326 g/mol. The molecule has 24 heavy (non-hydrogen) atoms. The Labute approximate surface area is 144 Å². The molecule has 1 heterocycles. The SMILES string of the molecule is COc1ccc(NC(=O)/C=C/c2cc3ccc(C)cc3o2)cc1Cl. The number of hydrogen-bond acceptors (Lipinski definition) is 3. The van der Waals surface area contributed by atoms with E-state index in [9.17, 15) is 4.79 Å². The van der Waals surface area contributed by atoms with Crippen LogP contribution in [0, 0.1) is 6.92 Å². The van der Waals surface area contributed by atoms with E-state index in [4.69, 9.17) is 20.8 Å². The number of aryl methyl sites for hydroxylation is 1. The smallest absolute Gasteiger partial charge is 0.248 e. The van der Waals surface area contributed by atoms with Crippen LogP contribution in [0.5, 0.6) is 5.75 Å². The fourth-order valence-electron chi connectivity index (χ4n) is 2.33. The number of hydrogen-bond donors (Lipinski definition) is 1. The third-order valence-electron chi connectivity index (χ3n) is 3.51. The van der Waals surface area contributed by atoms with E-state index < -0.39 is 0 Å². The number of methoxy groups -OCH3 is 1. The minimum absolute atomic E-state index is 0.270. The lowest BCUT2D eigenvalue weighted by Crippen LogP contribution is -2.07. The second-order valence-corrected chi connectivity index (χ2v) is 5.77. The van der Waals surface area contributed by atoms with Gasteiger partial charge in [0, 0.05) is 17.1 Å². The molecule has 0 saturated heterocycles. The molecule has 5 heteroatoms. The molecule has 0 saturated carbocycles. The van der Waals surface area contributed by atoms with E-state index in [1.54, 1.807) is 24.3 Å². The molecule has 0 bridgehead atoms. The Hall–Kier alpha value is -2.72. The number of amides is 1. The molecule has 1 aromatic heterocycles. The van der Waals surface area contributed by atoms with E-state index in [1.807, 2.05) is 31.2 Å². The zero-order valence-electron chi connectivity index (χ0n) is 13.3. The number of ether oxygens (including phenoxy) is 1. The second kappa shape index (κ2) is 6.81. The van der Waals surface area contributed by atoms with Gasteiger partial charge in [0.05, 0.1) is 12.1 Å². The minimum Gasteiger partial charge on any atom is -0.495 e. The number of benzene rings is 2. The third kappa shape index (κ3) is 3.60. The molecule has 0 atom stereocenters. The summed E-state index contributed by atoms with van der Waals surface area (Å²) in [6.45, 7) is 2.00. The highest BCUT2D eigenvalue weighted by atomic mass is 35.5. The Morgan fingerprint density at radius 2 is 2.04 bits per heavy atom. The van der Waals surface area contributed by atoms with Crippen molar-refractivity contribution >= 4 is 40.2 Å². The normalized spacial score (nSPS) is 11.1. The van der Waals surface area contributed by atoms with E-state index in [1.165, 1.54) is 13.2 Å². The van der Waals surface area contributed by atoms with Gasteiger partial charge in [0.15, 0.2) is 0 Å². The molecule has 4 nitrogen and oxygen atoms in total. The summed E-state index contributed by atoms with van der Waals surface area (Å²) in [5.74, 6) is 0.911. The highest BCUT2D eigenvalue weighted by Gasteiger charge is 2.05. The van der Waals surface area contributed by atoms with Crippen molar-refractivity contribution in [3.63, 3.8) is 0 Å². The van der Waals surface area contributed by atoms with E-state index in [2.05, 4.69) is 5.32 Å². The van der Waals surface area contributed by atoms with Crippen molar-refractivity contribution < 1.29 is 13.9 Å². The Morgan fingerprint density at radius 3 is 2.79 bits per heavy atom. The molecule has 0 spiro atoms. The molecule has 3 rings (SSSR count). The number of carbonyl (C=O) groups excluding carboxylic acids is 1. The average molecular weight is 342 g/mol. The van der Waals surface area contributed by atoms with Gasteiger partial charge in [-0.2, -0.15) is 0 Å². The van der Waals surface area contributed by atoms with Crippen molar-refractivity contribution in [3.05, 3.63) is 64.9 Å². The van der Waals surface area contributed by atoms with Crippen molar-refractivity contribution in [2.75, 3.05) is 12.4 Å². The van der Waals surface area contributed by atoms with Crippen LogP contribution < -0.4 is 10.1 Å². The summed E-state index contributed by atoms with van der Waals surface area (Å²) in [5, 5.41) is 4.18. The number of nitrogens with one attached hydrogen (secondary N) is 1. The number of halogens is 1. The van der Waals surface area contributed by atoms with Crippen molar-refractivity contribution in [2.45, 2.75) is 6.92 Å². The van der Waals surface area contributed by atoms with E-state index in [0.717, 1.165) is 16.5 Å². The quantitative estimate of drug-likeness (QED) is 0.675. The fraction of sp³-hybridized carbons (Fsp3) is 0.105. The summed E-state index contributed by atoms with van der Waals surface area (Å²) in [6, 6.07) is 12.9. The van der Waals surface area contributed by atoms with Crippen LogP contribution in [-0.2, 0) is 4.79 Å². The second-order valence-electron chi connectivity index (χ2n) is 5.36. The Morgan fingerprint density at radius 1 is 1.21 bits per heavy atom. The first-order chi connectivity index (χ1) is 11.5. The molecule has 0 unspecified atom stereocenters. The first-order valence-electron chi connectivity index (χ1n) is 7.38. The van der Waals surface area contributed by atoms with Crippen LogP contribution in [0.2, 0.25) is 5.02 Å². The van der Waals surface area contributed by atoms with Crippen LogP contribution in [0.1, 0.15) is 11.3 Å².